The summed E-state index contributed by atoms with van der Waals surface area (Å²) in [4.78, 5) is 0. The molecule has 1 heteroatoms. The molecular weight excluding hydrogens is 415 g/mol. The summed E-state index contributed by atoms with van der Waals surface area (Å²) in [5.74, 6) is 0. The maximum atomic E-state index is 2.45. The maximum Gasteiger partial charge on any atom is 0.0215 e. The van der Waals surface area contributed by atoms with E-state index >= 15 is 0 Å². The van der Waals surface area contributed by atoms with Crippen LogP contribution in [0.5, 0.6) is 0 Å². The highest BCUT2D eigenvalue weighted by atomic mass is 127. The minimum absolute atomic E-state index is 1.25. The summed E-state index contributed by atoms with van der Waals surface area (Å²) in [6.07, 6.45) is 0. The first-order valence-corrected chi connectivity index (χ1v) is 9.41. The van der Waals surface area contributed by atoms with Gasteiger partial charge in [0, 0.05) is 9.13 Å². The van der Waals surface area contributed by atoms with E-state index in [4.69, 9.17) is 0 Å². The third-order valence-electron chi connectivity index (χ3n) is 4.36. The van der Waals surface area contributed by atoms with Crippen LogP contribution in [0.1, 0.15) is 0 Å². The van der Waals surface area contributed by atoms with Crippen LogP contribution in [0.15, 0.2) is 103 Å². The first-order chi connectivity index (χ1) is 12.3. The van der Waals surface area contributed by atoms with E-state index in [9.17, 15) is 0 Å². The van der Waals surface area contributed by atoms with Crippen LogP contribution in [0.25, 0.3) is 33.4 Å². The van der Waals surface area contributed by atoms with E-state index in [1.165, 1.54) is 37.0 Å². The van der Waals surface area contributed by atoms with Crippen LogP contribution in [0.4, 0.5) is 0 Å². The van der Waals surface area contributed by atoms with Crippen LogP contribution in [0, 0.1) is 3.57 Å². The molecule has 120 valence electrons. The molecule has 0 N–H and O–H groups in total. The normalized spacial score (nSPS) is 10.6. The van der Waals surface area contributed by atoms with Gasteiger partial charge in [0.2, 0.25) is 0 Å². The standard InChI is InChI=1S/C24H17I/c25-22-17-16-21(18-10-4-1-5-11-18)23(19-12-6-2-7-13-19)24(22)20-14-8-3-9-15-20/h1-17H. The van der Waals surface area contributed by atoms with Crippen LogP contribution in [-0.4, -0.2) is 0 Å². The van der Waals surface area contributed by atoms with Gasteiger partial charge in [-0.1, -0.05) is 97.1 Å². The summed E-state index contributed by atoms with van der Waals surface area (Å²) in [5, 5.41) is 0. The molecule has 0 nitrogen and oxygen atoms in total. The van der Waals surface area contributed by atoms with Crippen molar-refractivity contribution in [1.29, 1.82) is 0 Å². The summed E-state index contributed by atoms with van der Waals surface area (Å²) in [6, 6.07) is 36.5. The third kappa shape index (κ3) is 3.24. The van der Waals surface area contributed by atoms with Crippen molar-refractivity contribution in [3.8, 4) is 33.4 Å². The minimum atomic E-state index is 1.25. The molecule has 0 aromatic heterocycles. The Balaban J connectivity index is 2.08. The Morgan fingerprint density at radius 2 is 0.840 bits per heavy atom. The van der Waals surface area contributed by atoms with Gasteiger partial charge in [-0.25, -0.2) is 0 Å². The molecule has 0 amide bonds. The van der Waals surface area contributed by atoms with Gasteiger partial charge in [-0.3, -0.25) is 0 Å². The SMILES string of the molecule is Ic1ccc(-c2ccccc2)c(-c2ccccc2)c1-c1ccccc1. The van der Waals surface area contributed by atoms with Gasteiger partial charge in [0.1, 0.15) is 0 Å². The fraction of sp³-hybridized carbons (Fsp3) is 0. The molecule has 0 atom stereocenters. The van der Waals surface area contributed by atoms with Crippen LogP contribution in [-0.2, 0) is 0 Å². The average molecular weight is 432 g/mol. The van der Waals surface area contributed by atoms with Gasteiger partial charge in [-0.05, 0) is 56.5 Å². The number of halogens is 1. The Hall–Kier alpha value is -2.39. The fourth-order valence-corrected chi connectivity index (χ4v) is 3.99. The van der Waals surface area contributed by atoms with E-state index in [2.05, 4.69) is 126 Å². The second-order valence-corrected chi connectivity index (χ2v) is 7.11. The van der Waals surface area contributed by atoms with Gasteiger partial charge in [0.05, 0.1) is 0 Å². The monoisotopic (exact) mass is 432 g/mol. The number of hydrogen-bond donors (Lipinski definition) is 0. The fourth-order valence-electron chi connectivity index (χ4n) is 3.23. The van der Waals surface area contributed by atoms with Crippen molar-refractivity contribution in [2.75, 3.05) is 0 Å². The van der Waals surface area contributed by atoms with Crippen molar-refractivity contribution in [3.05, 3.63) is 107 Å². The van der Waals surface area contributed by atoms with E-state index in [1.807, 2.05) is 0 Å². The predicted molar refractivity (Wildman–Crippen MR) is 115 cm³/mol. The first kappa shape index (κ1) is 16.1. The molecule has 4 rings (SSSR count). The van der Waals surface area contributed by atoms with Gasteiger partial charge < -0.3 is 0 Å². The average Bonchev–Trinajstić information content (AvgIpc) is 2.70. The highest BCUT2D eigenvalue weighted by Crippen LogP contribution is 2.42. The molecule has 0 bridgehead atoms. The van der Waals surface area contributed by atoms with Crippen molar-refractivity contribution in [3.63, 3.8) is 0 Å². The number of benzene rings is 4. The lowest BCUT2D eigenvalue weighted by Crippen LogP contribution is -1.93. The zero-order valence-corrected chi connectivity index (χ0v) is 15.9. The molecule has 0 unspecified atom stereocenters. The largest absolute Gasteiger partial charge is 0.0622 e. The van der Waals surface area contributed by atoms with Crippen molar-refractivity contribution >= 4 is 22.6 Å². The highest BCUT2D eigenvalue weighted by molar-refractivity contribution is 14.1. The summed E-state index contributed by atoms with van der Waals surface area (Å²) in [7, 11) is 0. The topological polar surface area (TPSA) is 0 Å². The van der Waals surface area contributed by atoms with E-state index in [1.54, 1.807) is 0 Å². The zero-order chi connectivity index (χ0) is 17.1. The maximum absolute atomic E-state index is 2.45. The molecule has 4 aromatic rings. The van der Waals surface area contributed by atoms with Gasteiger partial charge >= 0.3 is 0 Å². The van der Waals surface area contributed by atoms with E-state index in [0.717, 1.165) is 0 Å². The lowest BCUT2D eigenvalue weighted by molar-refractivity contribution is 1.53. The molecule has 4 aromatic carbocycles. The smallest absolute Gasteiger partial charge is 0.0215 e. The Kier molecular flexibility index (Phi) is 4.66. The van der Waals surface area contributed by atoms with E-state index in [0.29, 0.717) is 0 Å². The predicted octanol–water partition coefficient (Wildman–Crippen LogP) is 7.29. The molecule has 0 aliphatic rings. The van der Waals surface area contributed by atoms with Crippen molar-refractivity contribution < 1.29 is 0 Å². The lowest BCUT2D eigenvalue weighted by atomic mass is 9.88. The van der Waals surface area contributed by atoms with Gasteiger partial charge in [-0.15, -0.1) is 0 Å². The molecule has 25 heavy (non-hydrogen) atoms. The molecule has 0 saturated heterocycles. The second kappa shape index (κ2) is 7.24. The molecule has 0 aliphatic carbocycles. The van der Waals surface area contributed by atoms with Crippen LogP contribution < -0.4 is 0 Å². The van der Waals surface area contributed by atoms with Gasteiger partial charge in [0.15, 0.2) is 0 Å². The Morgan fingerprint density at radius 1 is 0.400 bits per heavy atom. The summed E-state index contributed by atoms with van der Waals surface area (Å²) in [6.45, 7) is 0. The van der Waals surface area contributed by atoms with Gasteiger partial charge in [0.25, 0.3) is 0 Å². The molecule has 0 saturated carbocycles. The van der Waals surface area contributed by atoms with E-state index < -0.39 is 0 Å². The first-order valence-electron chi connectivity index (χ1n) is 8.33. The Morgan fingerprint density at radius 3 is 1.36 bits per heavy atom. The molecule has 0 heterocycles. The van der Waals surface area contributed by atoms with Crippen LogP contribution >= 0.6 is 22.6 Å². The Labute approximate surface area is 162 Å². The quantitative estimate of drug-likeness (QED) is 0.298. The molecule has 0 spiro atoms. The summed E-state index contributed by atoms with van der Waals surface area (Å²) >= 11 is 2.45. The molecule has 0 radical (unpaired) electrons. The van der Waals surface area contributed by atoms with E-state index in [-0.39, 0.29) is 0 Å². The zero-order valence-electron chi connectivity index (χ0n) is 13.7. The highest BCUT2D eigenvalue weighted by Gasteiger charge is 2.16. The molecular formula is C24H17I. The second-order valence-electron chi connectivity index (χ2n) is 5.94. The summed E-state index contributed by atoms with van der Waals surface area (Å²) < 4.78 is 1.27. The minimum Gasteiger partial charge on any atom is -0.0622 e. The van der Waals surface area contributed by atoms with Crippen molar-refractivity contribution in [1.82, 2.24) is 0 Å². The van der Waals surface area contributed by atoms with Gasteiger partial charge in [-0.2, -0.15) is 0 Å². The number of hydrogen-bond acceptors (Lipinski definition) is 0. The number of rotatable bonds is 3. The molecule has 0 fully saturated rings. The van der Waals surface area contributed by atoms with Crippen LogP contribution in [0.3, 0.4) is 0 Å². The van der Waals surface area contributed by atoms with Crippen molar-refractivity contribution in [2.45, 2.75) is 0 Å². The Bertz CT molecular complexity index is 974. The third-order valence-corrected chi connectivity index (χ3v) is 5.26. The van der Waals surface area contributed by atoms with Crippen LogP contribution in [0.2, 0.25) is 0 Å². The summed E-state index contributed by atoms with van der Waals surface area (Å²) in [5.41, 5.74) is 7.61. The van der Waals surface area contributed by atoms with Crippen molar-refractivity contribution in [2.24, 2.45) is 0 Å². The lowest BCUT2D eigenvalue weighted by Gasteiger charge is -2.18. The molecule has 0 aliphatic heterocycles.